The van der Waals surface area contributed by atoms with Crippen molar-refractivity contribution in [2.75, 3.05) is 0 Å². The molecule has 0 spiro atoms. The molecule has 0 fully saturated rings. The number of aryl methyl sites for hydroxylation is 3. The summed E-state index contributed by atoms with van der Waals surface area (Å²) in [5, 5.41) is 1.42. The van der Waals surface area contributed by atoms with Crippen molar-refractivity contribution in [3.05, 3.63) is 49.8 Å². The van der Waals surface area contributed by atoms with Gasteiger partial charge in [-0.05, 0) is 43.5 Å². The van der Waals surface area contributed by atoms with Gasteiger partial charge in [-0.2, -0.15) is 0 Å². The predicted molar refractivity (Wildman–Crippen MR) is 94.2 cm³/mol. The molecular weight excluding hydrogens is 316 g/mol. The van der Waals surface area contributed by atoms with Crippen molar-refractivity contribution >= 4 is 33.2 Å². The Labute approximate surface area is 138 Å². The molecule has 2 heterocycles. The molecule has 0 aliphatic heterocycles. The first kappa shape index (κ1) is 15.3. The molecule has 3 aromatic rings. The standard InChI is InChI=1S/C17H17ClN2OS/c1-4-5-13-19-16(21)15-14(10(3)22-17(15)20-13)11-6-7-12(18)9(2)8-11/h6-8H,4-5H2,1-3H3,(H,19,20,21). The summed E-state index contributed by atoms with van der Waals surface area (Å²) in [6.45, 7) is 6.08. The van der Waals surface area contributed by atoms with Crippen LogP contribution in [0.25, 0.3) is 21.3 Å². The highest BCUT2D eigenvalue weighted by Crippen LogP contribution is 2.36. The van der Waals surface area contributed by atoms with Crippen LogP contribution < -0.4 is 5.56 Å². The Morgan fingerprint density at radius 3 is 2.77 bits per heavy atom. The molecule has 1 aromatic carbocycles. The van der Waals surface area contributed by atoms with Crippen LogP contribution in [0.15, 0.2) is 23.0 Å². The molecule has 0 saturated heterocycles. The fourth-order valence-electron chi connectivity index (χ4n) is 2.67. The number of rotatable bonds is 3. The summed E-state index contributed by atoms with van der Waals surface area (Å²) < 4.78 is 0. The number of hydrogen-bond donors (Lipinski definition) is 1. The van der Waals surface area contributed by atoms with E-state index in [0.29, 0.717) is 5.39 Å². The fraction of sp³-hybridized carbons (Fsp3) is 0.294. The van der Waals surface area contributed by atoms with Gasteiger partial charge in [-0.25, -0.2) is 4.98 Å². The lowest BCUT2D eigenvalue weighted by Gasteiger charge is -2.05. The normalized spacial score (nSPS) is 11.3. The summed E-state index contributed by atoms with van der Waals surface area (Å²) >= 11 is 7.68. The van der Waals surface area contributed by atoms with Crippen LogP contribution in [0.5, 0.6) is 0 Å². The Hall–Kier alpha value is -1.65. The van der Waals surface area contributed by atoms with Crippen LogP contribution >= 0.6 is 22.9 Å². The summed E-state index contributed by atoms with van der Waals surface area (Å²) in [5.74, 6) is 0.764. The number of aromatic nitrogens is 2. The van der Waals surface area contributed by atoms with Gasteiger partial charge in [0.05, 0.1) is 5.39 Å². The molecule has 5 heteroatoms. The molecule has 0 amide bonds. The lowest BCUT2D eigenvalue weighted by Crippen LogP contribution is -2.11. The fourth-order valence-corrected chi connectivity index (χ4v) is 3.85. The van der Waals surface area contributed by atoms with Gasteiger partial charge < -0.3 is 4.98 Å². The zero-order chi connectivity index (χ0) is 15.9. The lowest BCUT2D eigenvalue weighted by atomic mass is 10.0. The largest absolute Gasteiger partial charge is 0.310 e. The average molecular weight is 333 g/mol. The summed E-state index contributed by atoms with van der Waals surface area (Å²) in [7, 11) is 0. The van der Waals surface area contributed by atoms with Crippen LogP contribution in [-0.2, 0) is 6.42 Å². The second-order valence-electron chi connectivity index (χ2n) is 5.44. The van der Waals surface area contributed by atoms with E-state index in [1.54, 1.807) is 11.3 Å². The second-order valence-corrected chi connectivity index (χ2v) is 7.05. The van der Waals surface area contributed by atoms with Gasteiger partial charge in [0.2, 0.25) is 0 Å². The molecule has 0 bridgehead atoms. The van der Waals surface area contributed by atoms with Gasteiger partial charge in [0.1, 0.15) is 10.7 Å². The van der Waals surface area contributed by atoms with Gasteiger partial charge >= 0.3 is 0 Å². The lowest BCUT2D eigenvalue weighted by molar-refractivity contribution is 0.838. The average Bonchev–Trinajstić information content (AvgIpc) is 2.79. The number of halogens is 1. The van der Waals surface area contributed by atoms with E-state index in [-0.39, 0.29) is 5.56 Å². The van der Waals surface area contributed by atoms with E-state index in [0.717, 1.165) is 50.1 Å². The number of hydrogen-bond acceptors (Lipinski definition) is 3. The minimum atomic E-state index is -0.0552. The van der Waals surface area contributed by atoms with E-state index in [4.69, 9.17) is 11.6 Å². The monoisotopic (exact) mass is 332 g/mol. The van der Waals surface area contributed by atoms with Gasteiger partial charge in [0.15, 0.2) is 0 Å². The highest BCUT2D eigenvalue weighted by Gasteiger charge is 2.16. The molecule has 0 unspecified atom stereocenters. The maximum atomic E-state index is 12.5. The van der Waals surface area contributed by atoms with E-state index < -0.39 is 0 Å². The second kappa shape index (κ2) is 5.86. The minimum Gasteiger partial charge on any atom is -0.310 e. The highest BCUT2D eigenvalue weighted by atomic mass is 35.5. The molecule has 2 aromatic heterocycles. The molecule has 0 atom stereocenters. The van der Waals surface area contributed by atoms with Gasteiger partial charge in [0.25, 0.3) is 5.56 Å². The molecule has 0 aliphatic rings. The van der Waals surface area contributed by atoms with Crippen molar-refractivity contribution in [2.24, 2.45) is 0 Å². The highest BCUT2D eigenvalue weighted by molar-refractivity contribution is 7.19. The first-order valence-electron chi connectivity index (χ1n) is 7.30. The zero-order valence-electron chi connectivity index (χ0n) is 12.8. The van der Waals surface area contributed by atoms with Gasteiger partial charge in [-0.1, -0.05) is 24.6 Å². The molecule has 1 N–H and O–H groups in total. The zero-order valence-corrected chi connectivity index (χ0v) is 14.4. The van der Waals surface area contributed by atoms with Crippen molar-refractivity contribution in [1.29, 1.82) is 0 Å². The van der Waals surface area contributed by atoms with E-state index in [1.165, 1.54) is 0 Å². The number of nitrogens with zero attached hydrogens (tertiary/aromatic N) is 1. The maximum Gasteiger partial charge on any atom is 0.260 e. The predicted octanol–water partition coefficient (Wildman–Crippen LogP) is 4.87. The Morgan fingerprint density at radius 2 is 2.09 bits per heavy atom. The van der Waals surface area contributed by atoms with Crippen molar-refractivity contribution in [1.82, 2.24) is 9.97 Å². The third kappa shape index (κ3) is 2.57. The Morgan fingerprint density at radius 1 is 1.32 bits per heavy atom. The Bertz CT molecular complexity index is 911. The van der Waals surface area contributed by atoms with Gasteiger partial charge in [-0.15, -0.1) is 11.3 Å². The topological polar surface area (TPSA) is 45.8 Å². The number of H-pyrrole nitrogens is 1. The summed E-state index contributed by atoms with van der Waals surface area (Å²) in [6, 6.07) is 5.86. The summed E-state index contributed by atoms with van der Waals surface area (Å²) in [4.78, 5) is 22.0. The van der Waals surface area contributed by atoms with Crippen LogP contribution in [0.2, 0.25) is 5.02 Å². The van der Waals surface area contributed by atoms with Crippen molar-refractivity contribution < 1.29 is 0 Å². The van der Waals surface area contributed by atoms with Crippen molar-refractivity contribution in [3.8, 4) is 11.1 Å². The molecule has 114 valence electrons. The third-order valence-corrected chi connectivity index (χ3v) is 5.14. The molecule has 3 rings (SSSR count). The number of aromatic amines is 1. The van der Waals surface area contributed by atoms with Crippen LogP contribution in [0.3, 0.4) is 0 Å². The number of nitrogens with one attached hydrogen (secondary N) is 1. The molecule has 0 saturated carbocycles. The number of fused-ring (bicyclic) bond motifs is 1. The van der Waals surface area contributed by atoms with E-state index in [9.17, 15) is 4.79 Å². The first-order chi connectivity index (χ1) is 10.5. The van der Waals surface area contributed by atoms with Crippen LogP contribution in [-0.4, -0.2) is 9.97 Å². The molecule has 3 nitrogen and oxygen atoms in total. The van der Waals surface area contributed by atoms with Crippen LogP contribution in [0, 0.1) is 13.8 Å². The summed E-state index contributed by atoms with van der Waals surface area (Å²) in [6.07, 6.45) is 1.75. The van der Waals surface area contributed by atoms with Crippen LogP contribution in [0.4, 0.5) is 0 Å². The van der Waals surface area contributed by atoms with E-state index in [2.05, 4.69) is 16.9 Å². The number of benzene rings is 1. The quantitative estimate of drug-likeness (QED) is 0.743. The van der Waals surface area contributed by atoms with Crippen LogP contribution in [0.1, 0.15) is 29.6 Å². The molecule has 22 heavy (non-hydrogen) atoms. The third-order valence-electron chi connectivity index (χ3n) is 3.72. The maximum absolute atomic E-state index is 12.5. The minimum absolute atomic E-state index is 0.0552. The Kier molecular flexibility index (Phi) is 4.06. The van der Waals surface area contributed by atoms with E-state index in [1.807, 2.05) is 32.0 Å². The van der Waals surface area contributed by atoms with E-state index >= 15 is 0 Å². The van der Waals surface area contributed by atoms with Crippen molar-refractivity contribution in [3.63, 3.8) is 0 Å². The molecular formula is C17H17ClN2OS. The van der Waals surface area contributed by atoms with Crippen molar-refractivity contribution in [2.45, 2.75) is 33.6 Å². The summed E-state index contributed by atoms with van der Waals surface area (Å²) in [5.41, 5.74) is 2.93. The Balaban J connectivity index is 2.28. The molecule has 0 aliphatic carbocycles. The SMILES string of the molecule is CCCc1nc2sc(C)c(-c3ccc(Cl)c(C)c3)c2c(=O)[nH]1. The van der Waals surface area contributed by atoms with Gasteiger partial charge in [-0.3, -0.25) is 4.79 Å². The molecule has 0 radical (unpaired) electrons. The number of thiophene rings is 1. The smallest absolute Gasteiger partial charge is 0.260 e. The van der Waals surface area contributed by atoms with Gasteiger partial charge in [0, 0.05) is 21.9 Å². The first-order valence-corrected chi connectivity index (χ1v) is 8.49.